The van der Waals surface area contributed by atoms with Crippen molar-refractivity contribution >= 4 is 41.0 Å². The number of carbonyl (C=O) groups excluding carboxylic acids is 4. The lowest BCUT2D eigenvalue weighted by Crippen LogP contribution is -2.44. The van der Waals surface area contributed by atoms with Crippen LogP contribution in [0.3, 0.4) is 0 Å². The summed E-state index contributed by atoms with van der Waals surface area (Å²) >= 11 is 5.92. The minimum atomic E-state index is -1.24. The second kappa shape index (κ2) is 8.54. The first kappa shape index (κ1) is 21.3. The summed E-state index contributed by atoms with van der Waals surface area (Å²) in [7, 11) is 1.52. The molecule has 2 aromatic carbocycles. The molecule has 2 aromatic rings. The van der Waals surface area contributed by atoms with E-state index in [1.165, 1.54) is 7.05 Å². The highest BCUT2D eigenvalue weighted by atomic mass is 35.5. The number of urea groups is 1. The molecule has 1 aliphatic heterocycles. The van der Waals surface area contributed by atoms with Crippen molar-refractivity contribution in [1.29, 1.82) is 0 Å². The summed E-state index contributed by atoms with van der Waals surface area (Å²) in [6.07, 6.45) is 0.318. The van der Waals surface area contributed by atoms with E-state index in [4.69, 9.17) is 11.6 Å². The van der Waals surface area contributed by atoms with E-state index in [0.717, 1.165) is 4.90 Å². The summed E-state index contributed by atoms with van der Waals surface area (Å²) < 4.78 is 0. The molecule has 0 bridgehead atoms. The molecule has 0 spiro atoms. The number of hydrogen-bond donors (Lipinski definition) is 3. The molecular weight excluding hydrogens is 408 g/mol. The topological polar surface area (TPSA) is 108 Å². The molecule has 156 valence electrons. The Hall–Kier alpha value is -3.39. The number of hydrogen-bond acceptors (Lipinski definition) is 4. The van der Waals surface area contributed by atoms with Crippen molar-refractivity contribution in [3.8, 4) is 0 Å². The van der Waals surface area contributed by atoms with Gasteiger partial charge in [0.15, 0.2) is 0 Å². The van der Waals surface area contributed by atoms with Gasteiger partial charge in [-0.05, 0) is 48.4 Å². The average Bonchev–Trinajstić information content (AvgIpc) is 2.99. The van der Waals surface area contributed by atoms with Gasteiger partial charge in [-0.25, -0.2) is 4.79 Å². The molecule has 1 atom stereocenters. The molecule has 8 nitrogen and oxygen atoms in total. The van der Waals surface area contributed by atoms with E-state index in [-0.39, 0.29) is 5.91 Å². The number of halogens is 1. The van der Waals surface area contributed by atoms with Crippen LogP contribution >= 0.6 is 11.6 Å². The van der Waals surface area contributed by atoms with Crippen LogP contribution in [0.15, 0.2) is 48.5 Å². The van der Waals surface area contributed by atoms with Crippen LogP contribution in [-0.4, -0.2) is 42.2 Å². The Labute approximate surface area is 178 Å². The third kappa shape index (κ3) is 3.99. The van der Waals surface area contributed by atoms with Crippen molar-refractivity contribution in [3.63, 3.8) is 0 Å². The fourth-order valence-corrected chi connectivity index (χ4v) is 3.46. The van der Waals surface area contributed by atoms with Gasteiger partial charge in [-0.3, -0.25) is 19.3 Å². The van der Waals surface area contributed by atoms with Crippen LogP contribution in [0.5, 0.6) is 0 Å². The van der Waals surface area contributed by atoms with Gasteiger partial charge in [0.2, 0.25) is 5.91 Å². The minimum absolute atomic E-state index is 0.245. The first-order valence-electron chi connectivity index (χ1n) is 9.33. The molecule has 0 radical (unpaired) electrons. The zero-order valence-electron chi connectivity index (χ0n) is 16.5. The van der Waals surface area contributed by atoms with E-state index < -0.39 is 29.9 Å². The van der Waals surface area contributed by atoms with E-state index in [2.05, 4.69) is 16.0 Å². The fraction of sp³-hybridized carbons (Fsp3) is 0.238. The lowest BCUT2D eigenvalue weighted by Gasteiger charge is -2.25. The molecule has 1 saturated heterocycles. The predicted octanol–water partition coefficient (Wildman–Crippen LogP) is 2.50. The molecule has 1 fully saturated rings. The SMILES string of the molecule is CCC1(c2ccc(Cl)cc2)NC(=O)N(CC(=O)Nc2ccc(C(=O)NC)cc2)C1=O. The van der Waals surface area contributed by atoms with Gasteiger partial charge in [0, 0.05) is 23.3 Å². The monoisotopic (exact) mass is 428 g/mol. The normalized spacial score (nSPS) is 18.2. The van der Waals surface area contributed by atoms with Crippen LogP contribution < -0.4 is 16.0 Å². The Bertz CT molecular complexity index is 991. The van der Waals surface area contributed by atoms with E-state index in [1.54, 1.807) is 55.5 Å². The number of imide groups is 1. The molecule has 1 unspecified atom stereocenters. The molecule has 9 heteroatoms. The predicted molar refractivity (Wildman–Crippen MR) is 112 cm³/mol. The van der Waals surface area contributed by atoms with Gasteiger partial charge >= 0.3 is 6.03 Å². The van der Waals surface area contributed by atoms with Crippen LogP contribution in [0.1, 0.15) is 29.3 Å². The summed E-state index contributed by atoms with van der Waals surface area (Å²) in [5.41, 5.74) is 0.247. The summed E-state index contributed by atoms with van der Waals surface area (Å²) in [6, 6.07) is 12.3. The van der Waals surface area contributed by atoms with Gasteiger partial charge in [-0.2, -0.15) is 0 Å². The van der Waals surface area contributed by atoms with Gasteiger partial charge < -0.3 is 16.0 Å². The summed E-state index contributed by atoms with van der Waals surface area (Å²) in [6.45, 7) is 1.35. The maximum Gasteiger partial charge on any atom is 0.325 e. The largest absolute Gasteiger partial charge is 0.355 e. The van der Waals surface area contributed by atoms with Crippen LogP contribution in [0, 0.1) is 0 Å². The maximum atomic E-state index is 13.1. The van der Waals surface area contributed by atoms with Crippen LogP contribution in [0.2, 0.25) is 5.02 Å². The number of nitrogens with one attached hydrogen (secondary N) is 3. The van der Waals surface area contributed by atoms with E-state index in [9.17, 15) is 19.2 Å². The Balaban J connectivity index is 1.72. The van der Waals surface area contributed by atoms with Crippen molar-refractivity contribution < 1.29 is 19.2 Å². The van der Waals surface area contributed by atoms with Crippen molar-refractivity contribution in [3.05, 3.63) is 64.7 Å². The van der Waals surface area contributed by atoms with Crippen LogP contribution in [0.4, 0.5) is 10.5 Å². The number of anilines is 1. The number of benzene rings is 2. The van der Waals surface area contributed by atoms with E-state index in [0.29, 0.717) is 28.3 Å². The molecule has 5 amide bonds. The second-order valence-electron chi connectivity index (χ2n) is 6.79. The van der Waals surface area contributed by atoms with Gasteiger partial charge in [0.05, 0.1) is 0 Å². The Kier molecular flexibility index (Phi) is 6.07. The lowest BCUT2D eigenvalue weighted by molar-refractivity contribution is -0.134. The molecular formula is C21H21ClN4O4. The molecule has 3 rings (SSSR count). The van der Waals surface area contributed by atoms with E-state index >= 15 is 0 Å². The van der Waals surface area contributed by atoms with Crippen molar-refractivity contribution in [2.75, 3.05) is 18.9 Å². The highest BCUT2D eigenvalue weighted by Gasteiger charge is 2.51. The summed E-state index contributed by atoms with van der Waals surface area (Å²) in [4.78, 5) is 50.5. The Morgan fingerprint density at radius 3 is 2.27 bits per heavy atom. The van der Waals surface area contributed by atoms with Crippen LogP contribution in [0.25, 0.3) is 0 Å². The van der Waals surface area contributed by atoms with Crippen LogP contribution in [-0.2, 0) is 15.1 Å². The molecule has 0 saturated carbocycles. The van der Waals surface area contributed by atoms with Gasteiger partial charge in [0.1, 0.15) is 12.1 Å². The standard InChI is InChI=1S/C21H21ClN4O4/c1-3-21(14-6-8-15(22)9-7-14)19(29)26(20(30)25-21)12-17(27)24-16-10-4-13(5-11-16)18(28)23-2/h4-11H,3,12H2,1-2H3,(H,23,28)(H,24,27)(H,25,30). The smallest absolute Gasteiger partial charge is 0.325 e. The zero-order valence-corrected chi connectivity index (χ0v) is 17.2. The molecule has 0 aromatic heterocycles. The molecule has 3 N–H and O–H groups in total. The Morgan fingerprint density at radius 1 is 1.07 bits per heavy atom. The molecule has 1 heterocycles. The molecule has 1 aliphatic rings. The zero-order chi connectivity index (χ0) is 21.9. The third-order valence-corrected chi connectivity index (χ3v) is 5.25. The first-order chi connectivity index (χ1) is 14.3. The fourth-order valence-electron chi connectivity index (χ4n) is 3.34. The Morgan fingerprint density at radius 2 is 1.70 bits per heavy atom. The van der Waals surface area contributed by atoms with Gasteiger partial charge in [0.25, 0.3) is 11.8 Å². The first-order valence-corrected chi connectivity index (χ1v) is 9.70. The van der Waals surface area contributed by atoms with E-state index in [1.807, 2.05) is 0 Å². The van der Waals surface area contributed by atoms with Crippen molar-refractivity contribution in [1.82, 2.24) is 15.5 Å². The third-order valence-electron chi connectivity index (χ3n) is 5.00. The number of carbonyl (C=O) groups is 4. The molecule has 0 aliphatic carbocycles. The van der Waals surface area contributed by atoms with Crippen molar-refractivity contribution in [2.45, 2.75) is 18.9 Å². The van der Waals surface area contributed by atoms with Gasteiger partial charge in [-0.15, -0.1) is 0 Å². The molecule has 30 heavy (non-hydrogen) atoms. The lowest BCUT2D eigenvalue weighted by atomic mass is 9.87. The highest BCUT2D eigenvalue weighted by Crippen LogP contribution is 2.33. The summed E-state index contributed by atoms with van der Waals surface area (Å²) in [5, 5.41) is 8.36. The summed E-state index contributed by atoms with van der Waals surface area (Å²) in [5.74, 6) is -1.28. The number of rotatable bonds is 6. The maximum absolute atomic E-state index is 13.1. The highest BCUT2D eigenvalue weighted by molar-refractivity contribution is 6.30. The van der Waals surface area contributed by atoms with Gasteiger partial charge in [-0.1, -0.05) is 30.7 Å². The van der Waals surface area contributed by atoms with Crippen molar-refractivity contribution in [2.24, 2.45) is 0 Å². The average molecular weight is 429 g/mol. The number of amides is 5. The quantitative estimate of drug-likeness (QED) is 0.614. The number of nitrogens with zero attached hydrogens (tertiary/aromatic N) is 1. The second-order valence-corrected chi connectivity index (χ2v) is 7.23. The minimum Gasteiger partial charge on any atom is -0.355 e.